The zero-order valence-corrected chi connectivity index (χ0v) is 20.7. The quantitative estimate of drug-likeness (QED) is 0.380. The molecule has 0 bridgehead atoms. The Bertz CT molecular complexity index is 688. The second-order valence-corrected chi connectivity index (χ2v) is 12.6. The van der Waals surface area contributed by atoms with E-state index in [0.29, 0.717) is 19.3 Å². The van der Waals surface area contributed by atoms with Gasteiger partial charge in [-0.1, -0.05) is 0 Å². The molecule has 0 saturated heterocycles. The van der Waals surface area contributed by atoms with E-state index < -0.39 is 39.4 Å². The van der Waals surface area contributed by atoms with Crippen molar-refractivity contribution in [3.63, 3.8) is 0 Å². The minimum atomic E-state index is -4.83. The van der Waals surface area contributed by atoms with E-state index in [4.69, 9.17) is 9.96 Å². The molecule has 0 N–H and O–H groups in total. The number of rotatable bonds is 10. The van der Waals surface area contributed by atoms with Crippen molar-refractivity contribution in [2.45, 2.75) is 103 Å². The molecule has 2 rings (SSSR count). The van der Waals surface area contributed by atoms with E-state index in [0.717, 1.165) is 36.8 Å². The topological polar surface area (TPSA) is 78.9 Å². The first-order chi connectivity index (χ1) is 14.2. The van der Waals surface area contributed by atoms with Gasteiger partial charge in [0.2, 0.25) is 0 Å². The van der Waals surface area contributed by atoms with E-state index in [-0.39, 0.29) is 19.3 Å². The van der Waals surface area contributed by atoms with Crippen LogP contribution in [0.5, 0.6) is 0 Å². The van der Waals surface area contributed by atoms with Crippen LogP contribution in [0.15, 0.2) is 22.8 Å². The summed E-state index contributed by atoms with van der Waals surface area (Å²) in [6, 6.07) is 0. The first-order valence-electron chi connectivity index (χ1n) is 11.3. The summed E-state index contributed by atoms with van der Waals surface area (Å²) >= 11 is -4.83. The van der Waals surface area contributed by atoms with Crippen molar-refractivity contribution >= 4 is 17.9 Å². The summed E-state index contributed by atoms with van der Waals surface area (Å²) in [5, 5.41) is 0. The Morgan fingerprint density at radius 1 is 0.867 bits per heavy atom. The normalized spacial score (nSPS) is 21.0. The molecule has 1 atom stereocenters. The Morgan fingerprint density at radius 3 is 1.73 bits per heavy atom. The van der Waals surface area contributed by atoms with Crippen molar-refractivity contribution in [2.24, 2.45) is 0 Å². The van der Waals surface area contributed by atoms with Crippen LogP contribution < -0.4 is 0 Å². The Balaban J connectivity index is 2.62. The predicted octanol–water partition coefficient (Wildman–Crippen LogP) is 5.92. The maximum absolute atomic E-state index is 12.7. The summed E-state index contributed by atoms with van der Waals surface area (Å²) in [6.07, 6.45) is 8.36. The summed E-state index contributed by atoms with van der Waals surface area (Å²) in [6.45, 7) is 9.56. The second-order valence-electron chi connectivity index (χ2n) is 8.39. The molecule has 6 nitrogen and oxygen atoms in total. The van der Waals surface area contributed by atoms with Gasteiger partial charge in [-0.05, 0) is 0 Å². The van der Waals surface area contributed by atoms with Crippen LogP contribution in [0.1, 0.15) is 98.8 Å². The van der Waals surface area contributed by atoms with Gasteiger partial charge in [-0.15, -0.1) is 0 Å². The molecule has 0 aromatic carbocycles. The van der Waals surface area contributed by atoms with E-state index >= 15 is 0 Å². The molecule has 0 aromatic heterocycles. The van der Waals surface area contributed by atoms with Crippen LogP contribution in [-0.2, 0) is 42.1 Å². The van der Waals surface area contributed by atoms with E-state index in [9.17, 15) is 14.4 Å². The van der Waals surface area contributed by atoms with Gasteiger partial charge in [-0.25, -0.2) is 0 Å². The van der Waals surface area contributed by atoms with Crippen molar-refractivity contribution in [1.29, 1.82) is 0 Å². The SMILES string of the molecule is CCCC(=O)[O][Ti]([O]C(=O)CCC)([O]C(=O)CCC)[C]1(C)C(C)=CC2=C1CCCC2. The van der Waals surface area contributed by atoms with Gasteiger partial charge in [0.15, 0.2) is 0 Å². The van der Waals surface area contributed by atoms with Gasteiger partial charge in [-0.3, -0.25) is 0 Å². The third-order valence-corrected chi connectivity index (χ3v) is 11.3. The minimum absolute atomic E-state index is 0.189. The fraction of sp³-hybridized carbons (Fsp3) is 0.696. The summed E-state index contributed by atoms with van der Waals surface area (Å²) in [5.74, 6) is -1.40. The zero-order chi connectivity index (χ0) is 22.4. The molecule has 2 aliphatic carbocycles. The third-order valence-electron chi connectivity index (χ3n) is 6.01. The van der Waals surface area contributed by atoms with Crippen molar-refractivity contribution in [3.8, 4) is 0 Å². The molecule has 0 fully saturated rings. The van der Waals surface area contributed by atoms with Gasteiger partial charge < -0.3 is 0 Å². The van der Waals surface area contributed by atoms with Crippen LogP contribution in [0.25, 0.3) is 0 Å². The molecule has 0 aromatic rings. The van der Waals surface area contributed by atoms with Crippen LogP contribution in [0.2, 0.25) is 3.72 Å². The molecule has 30 heavy (non-hydrogen) atoms. The molecule has 0 radical (unpaired) electrons. The molecular weight excluding hydrogens is 420 g/mol. The van der Waals surface area contributed by atoms with Gasteiger partial charge in [0.25, 0.3) is 0 Å². The van der Waals surface area contributed by atoms with Crippen LogP contribution in [0.4, 0.5) is 0 Å². The Kier molecular flexibility index (Phi) is 8.92. The van der Waals surface area contributed by atoms with Gasteiger partial charge in [0.05, 0.1) is 0 Å². The summed E-state index contributed by atoms with van der Waals surface area (Å²) in [5.41, 5.74) is 3.28. The van der Waals surface area contributed by atoms with Gasteiger partial charge >= 0.3 is 185 Å². The van der Waals surface area contributed by atoms with Crippen molar-refractivity contribution in [2.75, 3.05) is 0 Å². The Morgan fingerprint density at radius 2 is 1.30 bits per heavy atom. The van der Waals surface area contributed by atoms with E-state index in [1.165, 1.54) is 5.57 Å². The molecule has 1 unspecified atom stereocenters. The number of hydrogen-bond acceptors (Lipinski definition) is 6. The Labute approximate surface area is 185 Å². The molecule has 0 heterocycles. The van der Waals surface area contributed by atoms with Crippen LogP contribution in [0.3, 0.4) is 0 Å². The summed E-state index contributed by atoms with van der Waals surface area (Å²) in [4.78, 5) is 38.1. The molecule has 0 spiro atoms. The average Bonchev–Trinajstić information content (AvgIpc) is 2.94. The van der Waals surface area contributed by atoms with Gasteiger partial charge in [0.1, 0.15) is 0 Å². The molecule has 0 saturated carbocycles. The fourth-order valence-corrected chi connectivity index (χ4v) is 9.24. The van der Waals surface area contributed by atoms with Crippen molar-refractivity contribution in [1.82, 2.24) is 0 Å². The van der Waals surface area contributed by atoms with Gasteiger partial charge in [-0.2, -0.15) is 0 Å². The molecule has 168 valence electrons. The molecular formula is C23H36O6Ti. The monoisotopic (exact) mass is 456 g/mol. The van der Waals surface area contributed by atoms with Crippen LogP contribution >= 0.6 is 0 Å². The van der Waals surface area contributed by atoms with E-state index in [1.807, 2.05) is 34.6 Å². The average molecular weight is 456 g/mol. The Hall–Kier alpha value is -1.40. The third kappa shape index (κ3) is 5.08. The first-order valence-corrected chi connectivity index (χ1v) is 14.0. The number of allylic oxidation sites excluding steroid dienone is 4. The molecule has 0 amide bonds. The number of carbonyl (C=O) groups is 3. The summed E-state index contributed by atoms with van der Waals surface area (Å²) in [7, 11) is 0. The second kappa shape index (κ2) is 10.8. The number of hydrogen-bond donors (Lipinski definition) is 0. The van der Waals surface area contributed by atoms with E-state index in [1.54, 1.807) is 0 Å². The standard InChI is InChI=1S/C11H15.3C4H8O2.Ti/c1-8-7-10-5-3-4-6-11(10)9(8)2;3*1-2-3-4(5)6;/h7H,3-6H2,1-2H3;3*2-3H2,1H3,(H,5,6);/q;;;;+3/p-3. The molecule has 2 aliphatic rings. The van der Waals surface area contributed by atoms with E-state index in [2.05, 4.69) is 6.08 Å². The first kappa shape index (κ1) is 24.9. The predicted molar refractivity (Wildman–Crippen MR) is 111 cm³/mol. The zero-order valence-electron chi connectivity index (χ0n) is 19.1. The van der Waals surface area contributed by atoms with Crippen LogP contribution in [0, 0.1) is 0 Å². The number of carbonyl (C=O) groups excluding carboxylic acids is 3. The fourth-order valence-electron chi connectivity index (χ4n) is 4.31. The van der Waals surface area contributed by atoms with Gasteiger partial charge in [0, 0.05) is 0 Å². The maximum atomic E-state index is 12.7. The van der Waals surface area contributed by atoms with Crippen molar-refractivity contribution < 1.29 is 42.1 Å². The molecule has 7 heteroatoms. The molecule has 0 aliphatic heterocycles. The summed E-state index contributed by atoms with van der Waals surface area (Å²) < 4.78 is 17.2. The van der Waals surface area contributed by atoms with Crippen LogP contribution in [-0.4, -0.2) is 17.9 Å². The van der Waals surface area contributed by atoms with Crippen molar-refractivity contribution in [3.05, 3.63) is 22.8 Å².